The Hall–Kier alpha value is -2.95. The molecule has 0 saturated carbocycles. The smallest absolute Gasteiger partial charge is 0.339 e. The van der Waals surface area contributed by atoms with E-state index in [-0.39, 0.29) is 5.56 Å². The van der Waals surface area contributed by atoms with Crippen LogP contribution in [0.25, 0.3) is 10.9 Å². The summed E-state index contributed by atoms with van der Waals surface area (Å²) in [5.74, 6) is -0.100. The predicted molar refractivity (Wildman–Crippen MR) is 92.1 cm³/mol. The second-order valence-corrected chi connectivity index (χ2v) is 5.83. The first-order valence-corrected chi connectivity index (χ1v) is 7.73. The molecule has 3 aromatic rings. The second kappa shape index (κ2) is 6.28. The second-order valence-electron chi connectivity index (χ2n) is 5.83. The molecule has 0 amide bonds. The van der Waals surface area contributed by atoms with Gasteiger partial charge >= 0.3 is 5.97 Å². The van der Waals surface area contributed by atoms with Crippen LogP contribution in [0.5, 0.6) is 0 Å². The fraction of sp³-hybridized carbons (Fsp3) is 0.211. The van der Waals surface area contributed by atoms with Crippen LogP contribution in [0.2, 0.25) is 0 Å². The van der Waals surface area contributed by atoms with Gasteiger partial charge < -0.3 is 9.72 Å². The molecule has 5 heteroatoms. The largest absolute Gasteiger partial charge is 0.451 e. The molecule has 0 aliphatic heterocycles. The molecule has 0 bridgehead atoms. The molecule has 0 aliphatic carbocycles. The van der Waals surface area contributed by atoms with Gasteiger partial charge in [-0.1, -0.05) is 29.8 Å². The van der Waals surface area contributed by atoms with Gasteiger partial charge in [0.05, 0.1) is 16.5 Å². The van der Waals surface area contributed by atoms with E-state index in [1.807, 2.05) is 32.0 Å². The highest BCUT2D eigenvalue weighted by atomic mass is 16.5. The molecule has 0 fully saturated rings. The number of carbonyl (C=O) groups is 1. The molecule has 3 rings (SSSR count). The Kier molecular flexibility index (Phi) is 4.16. The fourth-order valence-electron chi connectivity index (χ4n) is 2.53. The third-order valence-corrected chi connectivity index (χ3v) is 3.91. The summed E-state index contributed by atoms with van der Waals surface area (Å²) in [5, 5.41) is 0.509. The number of benzene rings is 2. The van der Waals surface area contributed by atoms with Crippen molar-refractivity contribution in [2.45, 2.75) is 26.9 Å². The summed E-state index contributed by atoms with van der Waals surface area (Å²) in [5.41, 5.74) is 2.68. The number of hydrogen-bond acceptors (Lipinski definition) is 4. The summed E-state index contributed by atoms with van der Waals surface area (Å²) < 4.78 is 5.49. The van der Waals surface area contributed by atoms with Gasteiger partial charge in [-0.3, -0.25) is 4.79 Å². The standard InChI is InChI=1S/C19H18N2O3/c1-11-8-9-12(2)15(10-11)19(23)24-13(3)17-20-16-7-5-4-6-14(16)18(22)21-17/h4-10,13H,1-3H3,(H,20,21,22)/t13-/m0/s1. The Labute approximate surface area is 139 Å². The molecular formula is C19H18N2O3. The highest BCUT2D eigenvalue weighted by Gasteiger charge is 2.18. The number of H-pyrrole nitrogens is 1. The van der Waals surface area contributed by atoms with E-state index >= 15 is 0 Å². The van der Waals surface area contributed by atoms with Crippen LogP contribution in [0.15, 0.2) is 47.3 Å². The first-order valence-electron chi connectivity index (χ1n) is 7.73. The predicted octanol–water partition coefficient (Wildman–Crippen LogP) is 3.46. The first-order chi connectivity index (χ1) is 11.5. The molecule has 0 saturated heterocycles. The molecule has 0 radical (unpaired) electrons. The zero-order valence-electron chi connectivity index (χ0n) is 13.8. The number of para-hydroxylation sites is 1. The van der Waals surface area contributed by atoms with E-state index in [1.54, 1.807) is 31.2 Å². The van der Waals surface area contributed by atoms with Crippen molar-refractivity contribution in [2.75, 3.05) is 0 Å². The Morgan fingerprint density at radius 1 is 1.17 bits per heavy atom. The van der Waals surface area contributed by atoms with Crippen LogP contribution in [0.3, 0.4) is 0 Å². The van der Waals surface area contributed by atoms with Gasteiger partial charge in [0.25, 0.3) is 5.56 Å². The quantitative estimate of drug-likeness (QED) is 0.750. The highest BCUT2D eigenvalue weighted by Crippen LogP contribution is 2.18. The number of nitrogens with zero attached hydrogens (tertiary/aromatic N) is 1. The minimum absolute atomic E-state index is 0.245. The summed E-state index contributed by atoms with van der Waals surface area (Å²) in [4.78, 5) is 31.6. The Morgan fingerprint density at radius 2 is 1.92 bits per heavy atom. The van der Waals surface area contributed by atoms with Gasteiger partial charge in [0.15, 0.2) is 11.9 Å². The number of carbonyl (C=O) groups excluding carboxylic acids is 1. The van der Waals surface area contributed by atoms with Crippen molar-refractivity contribution < 1.29 is 9.53 Å². The number of aryl methyl sites for hydroxylation is 2. The number of ether oxygens (including phenoxy) is 1. The van der Waals surface area contributed by atoms with E-state index < -0.39 is 12.1 Å². The van der Waals surface area contributed by atoms with Gasteiger partial charge in [-0.25, -0.2) is 9.78 Å². The summed E-state index contributed by atoms with van der Waals surface area (Å²) in [7, 11) is 0. The lowest BCUT2D eigenvalue weighted by Crippen LogP contribution is -2.18. The summed E-state index contributed by atoms with van der Waals surface area (Å²) in [6.07, 6.45) is -0.658. The van der Waals surface area contributed by atoms with Gasteiger partial charge in [-0.15, -0.1) is 0 Å². The lowest BCUT2D eigenvalue weighted by atomic mass is 10.1. The fourth-order valence-corrected chi connectivity index (χ4v) is 2.53. The minimum Gasteiger partial charge on any atom is -0.451 e. The van der Waals surface area contributed by atoms with Crippen LogP contribution in [-0.2, 0) is 4.74 Å². The van der Waals surface area contributed by atoms with Gasteiger partial charge in [-0.2, -0.15) is 0 Å². The summed E-state index contributed by atoms with van der Waals surface area (Å²) in [6, 6.07) is 12.7. The first kappa shape index (κ1) is 15.9. The van der Waals surface area contributed by atoms with Crippen molar-refractivity contribution in [1.82, 2.24) is 9.97 Å². The highest BCUT2D eigenvalue weighted by molar-refractivity contribution is 5.91. The van der Waals surface area contributed by atoms with Crippen molar-refractivity contribution in [3.05, 3.63) is 75.3 Å². The average molecular weight is 322 g/mol. The van der Waals surface area contributed by atoms with E-state index in [0.29, 0.717) is 22.3 Å². The van der Waals surface area contributed by atoms with Crippen LogP contribution < -0.4 is 5.56 Å². The number of rotatable bonds is 3. The zero-order chi connectivity index (χ0) is 17.3. The van der Waals surface area contributed by atoms with E-state index in [9.17, 15) is 9.59 Å². The maximum absolute atomic E-state index is 12.4. The SMILES string of the molecule is Cc1ccc(C)c(C(=O)O[C@@H](C)c2nc3ccccc3c(=O)[nH]2)c1. The summed E-state index contributed by atoms with van der Waals surface area (Å²) >= 11 is 0. The molecule has 0 unspecified atom stereocenters. The molecule has 1 N–H and O–H groups in total. The summed E-state index contributed by atoms with van der Waals surface area (Å²) in [6.45, 7) is 5.47. The Balaban J connectivity index is 1.89. The van der Waals surface area contributed by atoms with Gasteiger partial charge in [0, 0.05) is 0 Å². The number of nitrogens with one attached hydrogen (secondary N) is 1. The van der Waals surface area contributed by atoms with E-state index in [4.69, 9.17) is 4.74 Å². The van der Waals surface area contributed by atoms with Gasteiger partial charge in [0.1, 0.15) is 0 Å². The third kappa shape index (κ3) is 3.06. The van der Waals surface area contributed by atoms with E-state index in [0.717, 1.165) is 11.1 Å². The average Bonchev–Trinajstić information content (AvgIpc) is 2.57. The molecule has 122 valence electrons. The van der Waals surface area contributed by atoms with Crippen molar-refractivity contribution in [3.63, 3.8) is 0 Å². The lowest BCUT2D eigenvalue weighted by Gasteiger charge is -2.14. The van der Waals surface area contributed by atoms with Crippen molar-refractivity contribution in [2.24, 2.45) is 0 Å². The Bertz CT molecular complexity index is 976. The number of aromatic amines is 1. The maximum Gasteiger partial charge on any atom is 0.339 e. The number of hydrogen-bond donors (Lipinski definition) is 1. The number of fused-ring (bicyclic) bond motifs is 1. The van der Waals surface area contributed by atoms with E-state index in [2.05, 4.69) is 9.97 Å². The van der Waals surface area contributed by atoms with Crippen LogP contribution >= 0.6 is 0 Å². The molecule has 1 atom stereocenters. The van der Waals surface area contributed by atoms with Crippen molar-refractivity contribution in [3.8, 4) is 0 Å². The molecule has 0 aliphatic rings. The number of esters is 1. The van der Waals surface area contributed by atoms with Crippen LogP contribution in [0, 0.1) is 13.8 Å². The topological polar surface area (TPSA) is 72.0 Å². The zero-order valence-corrected chi connectivity index (χ0v) is 13.8. The molecule has 0 spiro atoms. The normalized spacial score (nSPS) is 12.1. The maximum atomic E-state index is 12.4. The van der Waals surface area contributed by atoms with Crippen LogP contribution in [0.4, 0.5) is 0 Å². The molecular weight excluding hydrogens is 304 g/mol. The van der Waals surface area contributed by atoms with Crippen LogP contribution in [0.1, 0.15) is 40.3 Å². The van der Waals surface area contributed by atoms with E-state index in [1.165, 1.54) is 0 Å². The van der Waals surface area contributed by atoms with Crippen molar-refractivity contribution in [1.29, 1.82) is 0 Å². The molecule has 5 nitrogen and oxygen atoms in total. The third-order valence-electron chi connectivity index (χ3n) is 3.91. The van der Waals surface area contributed by atoms with Crippen LogP contribution in [-0.4, -0.2) is 15.9 Å². The minimum atomic E-state index is -0.658. The molecule has 24 heavy (non-hydrogen) atoms. The van der Waals surface area contributed by atoms with Gasteiger partial charge in [-0.05, 0) is 44.5 Å². The Morgan fingerprint density at radius 3 is 2.71 bits per heavy atom. The molecule has 2 aromatic carbocycles. The lowest BCUT2D eigenvalue weighted by molar-refractivity contribution is 0.0319. The number of aromatic nitrogens is 2. The van der Waals surface area contributed by atoms with Crippen molar-refractivity contribution >= 4 is 16.9 Å². The van der Waals surface area contributed by atoms with Gasteiger partial charge in [0.2, 0.25) is 0 Å². The molecule has 1 aromatic heterocycles. The monoisotopic (exact) mass is 322 g/mol. The molecule has 1 heterocycles.